The van der Waals surface area contributed by atoms with Gasteiger partial charge < -0.3 is 9.72 Å². The second-order valence-electron chi connectivity index (χ2n) is 4.66. The van der Waals surface area contributed by atoms with Gasteiger partial charge in [-0.2, -0.15) is 0 Å². The van der Waals surface area contributed by atoms with E-state index in [1.807, 2.05) is 19.9 Å². The molecule has 2 heterocycles. The fraction of sp³-hybridized carbons (Fsp3) is 0.357. The summed E-state index contributed by atoms with van der Waals surface area (Å²) in [6.45, 7) is 5.14. The van der Waals surface area contributed by atoms with Crippen LogP contribution in [-0.2, 0) is 17.8 Å². The predicted octanol–water partition coefficient (Wildman–Crippen LogP) is 2.22. The van der Waals surface area contributed by atoms with Crippen LogP contribution in [0.4, 0.5) is 0 Å². The maximum absolute atomic E-state index is 12.4. The summed E-state index contributed by atoms with van der Waals surface area (Å²) >= 11 is 0. The van der Waals surface area contributed by atoms with Gasteiger partial charge in [-0.25, -0.2) is 0 Å². The van der Waals surface area contributed by atoms with Crippen molar-refractivity contribution in [2.75, 3.05) is 6.61 Å². The largest absolute Gasteiger partial charge is 0.376 e. The lowest BCUT2D eigenvalue weighted by molar-refractivity contribution is 0.108. The number of benzene rings is 1. The Balaban J connectivity index is 2.48. The number of hydrogen-bond donors (Lipinski definition) is 1. The van der Waals surface area contributed by atoms with Crippen molar-refractivity contribution in [2.45, 2.75) is 26.9 Å². The van der Waals surface area contributed by atoms with Crippen LogP contribution in [0.15, 0.2) is 16.9 Å². The third-order valence-corrected chi connectivity index (χ3v) is 3.51. The van der Waals surface area contributed by atoms with Crippen LogP contribution in [0.1, 0.15) is 22.4 Å². The lowest BCUT2D eigenvalue weighted by Crippen LogP contribution is -2.22. The molecular weight excluding hydrogens is 214 g/mol. The molecule has 3 rings (SSSR count). The van der Waals surface area contributed by atoms with Gasteiger partial charge in [-0.3, -0.25) is 4.79 Å². The number of aromatic amines is 1. The van der Waals surface area contributed by atoms with Gasteiger partial charge in [0, 0.05) is 23.1 Å². The van der Waals surface area contributed by atoms with E-state index in [9.17, 15) is 4.79 Å². The van der Waals surface area contributed by atoms with Gasteiger partial charge in [0.15, 0.2) is 5.43 Å². The van der Waals surface area contributed by atoms with Crippen molar-refractivity contribution >= 4 is 10.9 Å². The van der Waals surface area contributed by atoms with E-state index in [2.05, 4.69) is 11.1 Å². The molecule has 1 aliphatic rings. The number of fused-ring (bicyclic) bond motifs is 2. The molecule has 0 saturated heterocycles. The van der Waals surface area contributed by atoms with Gasteiger partial charge in [-0.15, -0.1) is 0 Å². The first-order chi connectivity index (χ1) is 8.18. The lowest BCUT2D eigenvalue weighted by Gasteiger charge is -2.18. The third-order valence-electron chi connectivity index (χ3n) is 3.51. The normalized spacial score (nSPS) is 14.9. The van der Waals surface area contributed by atoms with Crippen LogP contribution in [0.2, 0.25) is 0 Å². The van der Waals surface area contributed by atoms with Crippen molar-refractivity contribution in [3.05, 3.63) is 44.7 Å². The smallest absolute Gasteiger partial charge is 0.195 e. The molecule has 88 valence electrons. The predicted molar refractivity (Wildman–Crippen MR) is 67.4 cm³/mol. The van der Waals surface area contributed by atoms with Gasteiger partial charge >= 0.3 is 0 Å². The van der Waals surface area contributed by atoms with Gasteiger partial charge in [0.05, 0.1) is 18.7 Å². The fourth-order valence-corrected chi connectivity index (χ4v) is 2.49. The minimum absolute atomic E-state index is 0.134. The molecule has 1 aromatic carbocycles. The highest BCUT2D eigenvalue weighted by molar-refractivity contribution is 5.85. The molecule has 3 heteroatoms. The van der Waals surface area contributed by atoms with Crippen LogP contribution in [0, 0.1) is 13.8 Å². The molecule has 1 aliphatic heterocycles. The van der Waals surface area contributed by atoms with Crippen molar-refractivity contribution < 1.29 is 4.74 Å². The molecule has 0 fully saturated rings. The second-order valence-corrected chi connectivity index (χ2v) is 4.66. The SMILES string of the molecule is Cc1ccc(C)c2c(=O)c3c([nH]c12)CCOC3. The van der Waals surface area contributed by atoms with Crippen LogP contribution in [0.25, 0.3) is 10.9 Å². The lowest BCUT2D eigenvalue weighted by atomic mass is 10.00. The van der Waals surface area contributed by atoms with E-state index in [0.717, 1.165) is 39.7 Å². The summed E-state index contributed by atoms with van der Waals surface area (Å²) in [4.78, 5) is 15.9. The Bertz CT molecular complexity index is 655. The average molecular weight is 229 g/mol. The zero-order valence-corrected chi connectivity index (χ0v) is 10.1. The van der Waals surface area contributed by atoms with Crippen LogP contribution in [0.5, 0.6) is 0 Å². The summed E-state index contributed by atoms with van der Waals surface area (Å²) in [5.41, 5.74) is 5.11. The molecule has 0 bridgehead atoms. The molecule has 3 nitrogen and oxygen atoms in total. The number of aromatic nitrogens is 1. The standard InChI is InChI=1S/C14H15NO2/c1-8-3-4-9(2)13-12(8)14(16)10-7-17-6-5-11(10)15-13/h3-4H,5-7H2,1-2H3,(H,15,16). The first-order valence-corrected chi connectivity index (χ1v) is 5.90. The van der Waals surface area contributed by atoms with E-state index < -0.39 is 0 Å². The van der Waals surface area contributed by atoms with E-state index in [1.54, 1.807) is 0 Å². The minimum atomic E-state index is 0.134. The van der Waals surface area contributed by atoms with Crippen molar-refractivity contribution in [3.8, 4) is 0 Å². The summed E-state index contributed by atoms with van der Waals surface area (Å²) in [5.74, 6) is 0. The number of ether oxygens (including phenoxy) is 1. The number of hydrogen-bond acceptors (Lipinski definition) is 2. The molecule has 1 aromatic heterocycles. The molecule has 0 unspecified atom stereocenters. The molecule has 0 spiro atoms. The Morgan fingerprint density at radius 3 is 2.82 bits per heavy atom. The van der Waals surface area contributed by atoms with Crippen LogP contribution in [-0.4, -0.2) is 11.6 Å². The summed E-state index contributed by atoms with van der Waals surface area (Å²) in [6, 6.07) is 4.06. The van der Waals surface area contributed by atoms with Crippen molar-refractivity contribution in [2.24, 2.45) is 0 Å². The number of H-pyrrole nitrogens is 1. The average Bonchev–Trinajstić information content (AvgIpc) is 2.34. The molecule has 17 heavy (non-hydrogen) atoms. The summed E-state index contributed by atoms with van der Waals surface area (Å²) in [7, 11) is 0. The maximum Gasteiger partial charge on any atom is 0.195 e. The Hall–Kier alpha value is -1.61. The summed E-state index contributed by atoms with van der Waals surface area (Å²) in [6.07, 6.45) is 0.799. The highest BCUT2D eigenvalue weighted by Crippen LogP contribution is 2.21. The number of pyridine rings is 1. The first kappa shape index (κ1) is 10.5. The van der Waals surface area contributed by atoms with Gasteiger partial charge in [-0.05, 0) is 25.0 Å². The number of aryl methyl sites for hydroxylation is 2. The van der Waals surface area contributed by atoms with Gasteiger partial charge in [-0.1, -0.05) is 12.1 Å². The van der Waals surface area contributed by atoms with Crippen molar-refractivity contribution in [3.63, 3.8) is 0 Å². The summed E-state index contributed by atoms with van der Waals surface area (Å²) in [5, 5.41) is 0.814. The molecule has 2 aromatic rings. The molecule has 1 N–H and O–H groups in total. The molecular formula is C14H15NO2. The van der Waals surface area contributed by atoms with Crippen molar-refractivity contribution in [1.82, 2.24) is 4.98 Å². The molecule has 0 saturated carbocycles. The van der Waals surface area contributed by atoms with Crippen LogP contribution >= 0.6 is 0 Å². The third kappa shape index (κ3) is 1.50. The number of nitrogens with one attached hydrogen (secondary N) is 1. The van der Waals surface area contributed by atoms with E-state index in [0.29, 0.717) is 13.2 Å². The highest BCUT2D eigenvalue weighted by atomic mass is 16.5. The zero-order chi connectivity index (χ0) is 12.0. The fourth-order valence-electron chi connectivity index (χ4n) is 2.49. The maximum atomic E-state index is 12.4. The minimum Gasteiger partial charge on any atom is -0.376 e. The molecule has 0 atom stereocenters. The monoisotopic (exact) mass is 229 g/mol. The van der Waals surface area contributed by atoms with Gasteiger partial charge in [0.2, 0.25) is 0 Å². The van der Waals surface area contributed by atoms with Gasteiger partial charge in [0.25, 0.3) is 0 Å². The van der Waals surface area contributed by atoms with Gasteiger partial charge in [0.1, 0.15) is 0 Å². The molecule has 0 aliphatic carbocycles. The van der Waals surface area contributed by atoms with E-state index in [-0.39, 0.29) is 5.43 Å². The Labute approximate surface area is 99.4 Å². The van der Waals surface area contributed by atoms with Crippen molar-refractivity contribution in [1.29, 1.82) is 0 Å². The highest BCUT2D eigenvalue weighted by Gasteiger charge is 2.17. The molecule has 0 amide bonds. The Morgan fingerprint density at radius 2 is 2.00 bits per heavy atom. The first-order valence-electron chi connectivity index (χ1n) is 5.90. The van der Waals surface area contributed by atoms with E-state index in [4.69, 9.17) is 4.74 Å². The Kier molecular flexibility index (Phi) is 2.30. The van der Waals surface area contributed by atoms with E-state index >= 15 is 0 Å². The Morgan fingerprint density at radius 1 is 1.24 bits per heavy atom. The zero-order valence-electron chi connectivity index (χ0n) is 10.1. The summed E-state index contributed by atoms with van der Waals surface area (Å²) < 4.78 is 5.38. The van der Waals surface area contributed by atoms with E-state index in [1.165, 1.54) is 0 Å². The van der Waals surface area contributed by atoms with Crippen LogP contribution in [0.3, 0.4) is 0 Å². The van der Waals surface area contributed by atoms with Crippen LogP contribution < -0.4 is 5.43 Å². The topological polar surface area (TPSA) is 42.1 Å². The second kappa shape index (κ2) is 3.70. The quantitative estimate of drug-likeness (QED) is 0.752. The number of rotatable bonds is 0. The molecule has 0 radical (unpaired) electrons.